The summed E-state index contributed by atoms with van der Waals surface area (Å²) in [6.07, 6.45) is 1.93. The summed E-state index contributed by atoms with van der Waals surface area (Å²) in [6, 6.07) is 14.1. The van der Waals surface area contributed by atoms with Crippen molar-refractivity contribution in [1.29, 1.82) is 0 Å². The van der Waals surface area contributed by atoms with Gasteiger partial charge in [-0.15, -0.1) is 0 Å². The molecule has 4 heteroatoms. The first-order valence-corrected chi connectivity index (χ1v) is 8.60. The molecule has 1 atom stereocenters. The molecular formula is C17H18O3S. The lowest BCUT2D eigenvalue weighted by Crippen LogP contribution is -2.17. The highest BCUT2D eigenvalue weighted by atomic mass is 32.2. The zero-order chi connectivity index (χ0) is 14.9. The average molecular weight is 302 g/mol. The zero-order valence-electron chi connectivity index (χ0n) is 11.7. The van der Waals surface area contributed by atoms with Crippen LogP contribution in [0.15, 0.2) is 42.5 Å². The Morgan fingerprint density at radius 3 is 2.57 bits per heavy atom. The number of aliphatic carboxylic acids is 1. The van der Waals surface area contributed by atoms with E-state index in [9.17, 15) is 9.00 Å². The van der Waals surface area contributed by atoms with Gasteiger partial charge in [-0.25, -0.2) is 0 Å². The van der Waals surface area contributed by atoms with Crippen molar-refractivity contribution in [2.24, 2.45) is 5.41 Å². The first-order valence-electron chi connectivity index (χ1n) is 7.11. The Kier molecular flexibility index (Phi) is 3.81. The monoisotopic (exact) mass is 302 g/mol. The van der Waals surface area contributed by atoms with Crippen LogP contribution in [0.1, 0.15) is 24.8 Å². The molecule has 0 aliphatic heterocycles. The van der Waals surface area contributed by atoms with Gasteiger partial charge in [0, 0.05) is 22.3 Å². The van der Waals surface area contributed by atoms with Crippen molar-refractivity contribution in [1.82, 2.24) is 0 Å². The van der Waals surface area contributed by atoms with Gasteiger partial charge >= 0.3 is 5.97 Å². The lowest BCUT2D eigenvalue weighted by Gasteiger charge is -2.12. The molecule has 0 saturated heterocycles. The maximum Gasteiger partial charge on any atom is 0.303 e. The quantitative estimate of drug-likeness (QED) is 0.890. The van der Waals surface area contributed by atoms with Gasteiger partial charge < -0.3 is 5.11 Å². The fourth-order valence-corrected chi connectivity index (χ4v) is 4.63. The second-order valence-electron chi connectivity index (χ2n) is 5.94. The molecule has 2 aromatic carbocycles. The minimum atomic E-state index is -1.01. The Morgan fingerprint density at radius 2 is 1.86 bits per heavy atom. The van der Waals surface area contributed by atoms with Crippen molar-refractivity contribution in [3.05, 3.63) is 48.0 Å². The van der Waals surface area contributed by atoms with Crippen molar-refractivity contribution < 1.29 is 14.1 Å². The van der Waals surface area contributed by atoms with Crippen LogP contribution in [0.4, 0.5) is 0 Å². The number of benzene rings is 2. The van der Waals surface area contributed by atoms with Crippen molar-refractivity contribution in [2.75, 3.05) is 5.75 Å². The maximum atomic E-state index is 12.4. The third kappa shape index (κ3) is 3.32. The van der Waals surface area contributed by atoms with E-state index >= 15 is 0 Å². The van der Waals surface area contributed by atoms with Gasteiger partial charge in [-0.1, -0.05) is 42.5 Å². The summed E-state index contributed by atoms with van der Waals surface area (Å²) < 4.78 is 12.4. The Bertz CT molecular complexity index is 699. The third-order valence-electron chi connectivity index (χ3n) is 4.15. The molecule has 0 spiro atoms. The van der Waals surface area contributed by atoms with Crippen molar-refractivity contribution >= 4 is 27.5 Å². The van der Waals surface area contributed by atoms with Gasteiger partial charge in [0.25, 0.3) is 0 Å². The molecule has 0 bridgehead atoms. The summed E-state index contributed by atoms with van der Waals surface area (Å²) >= 11 is 0. The zero-order valence-corrected chi connectivity index (χ0v) is 12.6. The van der Waals surface area contributed by atoms with Gasteiger partial charge in [0.1, 0.15) is 0 Å². The van der Waals surface area contributed by atoms with Crippen LogP contribution in [0, 0.1) is 5.41 Å². The number of rotatable bonds is 6. The van der Waals surface area contributed by atoms with Crippen molar-refractivity contribution in [3.63, 3.8) is 0 Å². The molecule has 3 rings (SSSR count). The number of carbonyl (C=O) groups is 1. The molecular weight excluding hydrogens is 284 g/mol. The van der Waals surface area contributed by atoms with E-state index in [1.54, 1.807) is 0 Å². The summed E-state index contributed by atoms with van der Waals surface area (Å²) in [5, 5.41) is 11.2. The lowest BCUT2D eigenvalue weighted by atomic mass is 10.1. The molecule has 0 heterocycles. The van der Waals surface area contributed by atoms with Crippen LogP contribution in [0.3, 0.4) is 0 Å². The van der Waals surface area contributed by atoms with E-state index in [0.717, 1.165) is 29.2 Å². The number of carboxylic acids is 1. The molecule has 1 aliphatic carbocycles. The largest absolute Gasteiger partial charge is 0.481 e. The summed E-state index contributed by atoms with van der Waals surface area (Å²) in [5.41, 5.74) is 0.874. The molecule has 1 unspecified atom stereocenters. The van der Waals surface area contributed by atoms with E-state index in [2.05, 4.69) is 12.1 Å². The topological polar surface area (TPSA) is 54.4 Å². The number of carboxylic acid groups (broad SMARTS) is 1. The van der Waals surface area contributed by atoms with Crippen LogP contribution in [0.2, 0.25) is 0 Å². The fourth-order valence-electron chi connectivity index (χ4n) is 2.85. The first-order chi connectivity index (χ1) is 10.1. The Balaban J connectivity index is 1.74. The van der Waals surface area contributed by atoms with Crippen LogP contribution < -0.4 is 0 Å². The van der Waals surface area contributed by atoms with Crippen molar-refractivity contribution in [3.8, 4) is 0 Å². The van der Waals surface area contributed by atoms with Gasteiger partial charge in [0.15, 0.2) is 0 Å². The highest BCUT2D eigenvalue weighted by Gasteiger charge is 2.45. The number of hydrogen-bond acceptors (Lipinski definition) is 2. The second-order valence-corrected chi connectivity index (χ2v) is 7.39. The maximum absolute atomic E-state index is 12.4. The van der Waals surface area contributed by atoms with Crippen molar-refractivity contribution in [2.45, 2.75) is 25.0 Å². The molecule has 110 valence electrons. The van der Waals surface area contributed by atoms with Gasteiger partial charge in [-0.05, 0) is 34.6 Å². The summed E-state index contributed by atoms with van der Waals surface area (Å²) in [5.74, 6) is 0.222. The fraction of sp³-hybridized carbons (Fsp3) is 0.353. The smallest absolute Gasteiger partial charge is 0.303 e. The van der Waals surface area contributed by atoms with Crippen LogP contribution in [-0.2, 0) is 21.3 Å². The molecule has 1 N–H and O–H groups in total. The van der Waals surface area contributed by atoms with Crippen LogP contribution in [0.25, 0.3) is 10.8 Å². The van der Waals surface area contributed by atoms with E-state index in [-0.39, 0.29) is 11.8 Å². The molecule has 3 nitrogen and oxygen atoms in total. The standard InChI is InChI=1S/C17H18O3S/c18-16(19)10-17(8-9-17)12-21(20)11-14-6-3-5-13-4-1-2-7-15(13)14/h1-7H,8-12H2,(H,18,19). The highest BCUT2D eigenvalue weighted by molar-refractivity contribution is 7.84. The van der Waals surface area contributed by atoms with E-state index in [1.807, 2.05) is 30.3 Å². The normalized spacial score (nSPS) is 17.5. The minimum Gasteiger partial charge on any atom is -0.481 e. The summed E-state index contributed by atoms with van der Waals surface area (Å²) in [7, 11) is -1.01. The predicted molar refractivity (Wildman–Crippen MR) is 84.6 cm³/mol. The highest BCUT2D eigenvalue weighted by Crippen LogP contribution is 2.49. The molecule has 1 saturated carbocycles. The predicted octanol–water partition coefficient (Wildman–Crippen LogP) is 3.34. The summed E-state index contributed by atoms with van der Waals surface area (Å²) in [4.78, 5) is 10.9. The van der Waals surface area contributed by atoms with Crippen LogP contribution >= 0.6 is 0 Å². The van der Waals surface area contributed by atoms with E-state index in [4.69, 9.17) is 5.11 Å². The van der Waals surface area contributed by atoms with Gasteiger partial charge in [0.2, 0.25) is 0 Å². The molecule has 1 fully saturated rings. The number of hydrogen-bond donors (Lipinski definition) is 1. The first kappa shape index (κ1) is 14.3. The molecule has 0 aromatic heterocycles. The second kappa shape index (κ2) is 5.60. The van der Waals surface area contributed by atoms with Gasteiger partial charge in [0.05, 0.1) is 6.42 Å². The molecule has 1 aliphatic rings. The molecule has 0 radical (unpaired) electrons. The minimum absolute atomic E-state index is 0.147. The van der Waals surface area contributed by atoms with Gasteiger partial charge in [-0.3, -0.25) is 9.00 Å². The Labute approximate surface area is 126 Å². The lowest BCUT2D eigenvalue weighted by molar-refractivity contribution is -0.138. The number of fused-ring (bicyclic) bond motifs is 1. The Hall–Kier alpha value is -1.68. The van der Waals surface area contributed by atoms with Gasteiger partial charge in [-0.2, -0.15) is 0 Å². The molecule has 0 amide bonds. The van der Waals surface area contributed by atoms with Crippen LogP contribution in [-0.4, -0.2) is 21.0 Å². The van der Waals surface area contributed by atoms with Crippen LogP contribution in [0.5, 0.6) is 0 Å². The van der Waals surface area contributed by atoms with E-state index < -0.39 is 16.8 Å². The van der Waals surface area contributed by atoms with E-state index in [1.165, 1.54) is 0 Å². The third-order valence-corrected chi connectivity index (χ3v) is 5.71. The molecule has 21 heavy (non-hydrogen) atoms. The molecule has 2 aromatic rings. The summed E-state index contributed by atoms with van der Waals surface area (Å²) in [6.45, 7) is 0. The Morgan fingerprint density at radius 1 is 1.14 bits per heavy atom. The average Bonchev–Trinajstić information content (AvgIpc) is 3.17. The SMILES string of the molecule is O=C(O)CC1(CS(=O)Cc2cccc3ccccc23)CC1. The van der Waals surface area contributed by atoms with E-state index in [0.29, 0.717) is 11.5 Å².